The molecule has 102 valence electrons. The van der Waals surface area contributed by atoms with Gasteiger partial charge in [-0.3, -0.25) is 0 Å². The highest BCUT2D eigenvalue weighted by atomic mass is 79.9. The monoisotopic (exact) mass is 326 g/mol. The van der Waals surface area contributed by atoms with E-state index in [9.17, 15) is 8.42 Å². The van der Waals surface area contributed by atoms with E-state index in [2.05, 4.69) is 22.9 Å². The Morgan fingerprint density at radius 2 is 2.18 bits per heavy atom. The summed E-state index contributed by atoms with van der Waals surface area (Å²) in [6, 6.07) is 0. The Hall–Kier alpha value is 0.350. The fourth-order valence-corrected chi connectivity index (χ4v) is 4.26. The molecule has 0 aromatic rings. The first-order valence-electron chi connectivity index (χ1n) is 6.33. The van der Waals surface area contributed by atoms with Gasteiger partial charge in [-0.1, -0.05) is 29.8 Å². The van der Waals surface area contributed by atoms with E-state index in [4.69, 9.17) is 0 Å². The van der Waals surface area contributed by atoms with Gasteiger partial charge in [-0.2, -0.15) is 17.0 Å². The third kappa shape index (κ3) is 4.19. The van der Waals surface area contributed by atoms with Crippen LogP contribution in [0.2, 0.25) is 0 Å². The molecule has 1 rings (SSSR count). The topological polar surface area (TPSA) is 40.6 Å². The van der Waals surface area contributed by atoms with Crippen LogP contribution in [0.25, 0.3) is 0 Å². The van der Waals surface area contributed by atoms with Crippen LogP contribution < -0.4 is 0 Å². The highest BCUT2D eigenvalue weighted by Crippen LogP contribution is 2.20. The maximum absolute atomic E-state index is 12.4. The number of halogens is 1. The highest BCUT2D eigenvalue weighted by molar-refractivity contribution is 9.09. The SMILES string of the molecule is CCN(CCCBr)S(=O)(=O)N1CCCC(C)C1. The molecule has 1 aliphatic rings. The third-order valence-electron chi connectivity index (χ3n) is 3.17. The molecule has 0 saturated carbocycles. The minimum Gasteiger partial charge on any atom is -0.195 e. The molecule has 0 aromatic carbocycles. The van der Waals surface area contributed by atoms with Crippen molar-refractivity contribution >= 4 is 26.1 Å². The molecule has 0 N–H and O–H groups in total. The molecule has 17 heavy (non-hydrogen) atoms. The van der Waals surface area contributed by atoms with Crippen LogP contribution in [0.5, 0.6) is 0 Å². The summed E-state index contributed by atoms with van der Waals surface area (Å²) in [4.78, 5) is 0. The van der Waals surface area contributed by atoms with Gasteiger partial charge in [0.15, 0.2) is 0 Å². The highest BCUT2D eigenvalue weighted by Gasteiger charge is 2.31. The van der Waals surface area contributed by atoms with Crippen molar-refractivity contribution in [3.05, 3.63) is 0 Å². The summed E-state index contributed by atoms with van der Waals surface area (Å²) in [5.74, 6) is 0.480. The van der Waals surface area contributed by atoms with E-state index in [0.717, 1.165) is 24.6 Å². The average molecular weight is 327 g/mol. The van der Waals surface area contributed by atoms with Gasteiger partial charge < -0.3 is 0 Å². The van der Waals surface area contributed by atoms with Crippen molar-refractivity contribution in [2.45, 2.75) is 33.1 Å². The smallest absolute Gasteiger partial charge is 0.195 e. The number of hydrogen-bond donors (Lipinski definition) is 0. The Labute approximate surface area is 114 Å². The molecule has 1 unspecified atom stereocenters. The first-order chi connectivity index (χ1) is 8.02. The van der Waals surface area contributed by atoms with Crippen molar-refractivity contribution < 1.29 is 8.42 Å². The summed E-state index contributed by atoms with van der Waals surface area (Å²) < 4.78 is 28.1. The summed E-state index contributed by atoms with van der Waals surface area (Å²) in [6.45, 7) is 6.54. The van der Waals surface area contributed by atoms with Crippen molar-refractivity contribution in [3.63, 3.8) is 0 Å². The summed E-state index contributed by atoms with van der Waals surface area (Å²) >= 11 is 3.34. The zero-order chi connectivity index (χ0) is 12.9. The summed E-state index contributed by atoms with van der Waals surface area (Å²) in [5.41, 5.74) is 0. The number of rotatable bonds is 6. The van der Waals surface area contributed by atoms with E-state index in [1.54, 1.807) is 8.61 Å². The van der Waals surface area contributed by atoms with E-state index < -0.39 is 10.2 Å². The van der Waals surface area contributed by atoms with E-state index >= 15 is 0 Å². The molecule has 0 aromatic heterocycles. The maximum Gasteiger partial charge on any atom is 0.281 e. The van der Waals surface area contributed by atoms with Crippen molar-refractivity contribution in [3.8, 4) is 0 Å². The van der Waals surface area contributed by atoms with Gasteiger partial charge in [0.25, 0.3) is 10.2 Å². The van der Waals surface area contributed by atoms with Crippen LogP contribution in [0.15, 0.2) is 0 Å². The van der Waals surface area contributed by atoms with Crippen LogP contribution in [0.3, 0.4) is 0 Å². The van der Waals surface area contributed by atoms with Crippen molar-refractivity contribution in [2.24, 2.45) is 5.92 Å². The lowest BCUT2D eigenvalue weighted by Crippen LogP contribution is -2.47. The van der Waals surface area contributed by atoms with Gasteiger partial charge >= 0.3 is 0 Å². The molecular formula is C11H23BrN2O2S. The molecule has 6 heteroatoms. The molecule has 1 fully saturated rings. The second-order valence-corrected chi connectivity index (χ2v) is 7.37. The number of piperidine rings is 1. The Morgan fingerprint density at radius 1 is 1.47 bits per heavy atom. The second-order valence-electron chi connectivity index (χ2n) is 4.65. The zero-order valence-electron chi connectivity index (χ0n) is 10.7. The molecule has 1 saturated heterocycles. The molecule has 1 atom stereocenters. The van der Waals surface area contributed by atoms with Crippen molar-refractivity contribution in [1.29, 1.82) is 0 Å². The van der Waals surface area contributed by atoms with Crippen LogP contribution in [0.4, 0.5) is 0 Å². The van der Waals surface area contributed by atoms with E-state index in [0.29, 0.717) is 32.1 Å². The molecule has 0 spiro atoms. The lowest BCUT2D eigenvalue weighted by Gasteiger charge is -2.34. The average Bonchev–Trinajstić information content (AvgIpc) is 2.30. The van der Waals surface area contributed by atoms with Crippen LogP contribution in [-0.4, -0.2) is 48.5 Å². The fraction of sp³-hybridized carbons (Fsp3) is 1.00. The van der Waals surface area contributed by atoms with Gasteiger partial charge in [0.05, 0.1) is 0 Å². The summed E-state index contributed by atoms with van der Waals surface area (Å²) in [7, 11) is -3.23. The molecule has 0 amide bonds. The molecular weight excluding hydrogens is 304 g/mol. The van der Waals surface area contributed by atoms with Crippen molar-refractivity contribution in [1.82, 2.24) is 8.61 Å². The normalized spacial score (nSPS) is 23.2. The molecule has 1 aliphatic heterocycles. The second kappa shape index (κ2) is 7.07. The Bertz CT molecular complexity index is 321. The number of hydrogen-bond acceptors (Lipinski definition) is 2. The van der Waals surface area contributed by atoms with Crippen molar-refractivity contribution in [2.75, 3.05) is 31.5 Å². The van der Waals surface area contributed by atoms with Gasteiger partial charge in [0.1, 0.15) is 0 Å². The first-order valence-corrected chi connectivity index (χ1v) is 8.85. The van der Waals surface area contributed by atoms with Gasteiger partial charge in [-0.15, -0.1) is 0 Å². The number of nitrogens with zero attached hydrogens (tertiary/aromatic N) is 2. The minimum atomic E-state index is -3.23. The predicted molar refractivity (Wildman–Crippen MR) is 74.5 cm³/mol. The summed E-state index contributed by atoms with van der Waals surface area (Å²) in [6.07, 6.45) is 2.98. The standard InChI is InChI=1S/C11H23BrN2O2S/c1-3-13(9-5-7-12)17(15,16)14-8-4-6-11(2)10-14/h11H,3-10H2,1-2H3. The summed E-state index contributed by atoms with van der Waals surface area (Å²) in [5, 5.41) is 0.843. The zero-order valence-corrected chi connectivity index (χ0v) is 13.1. The van der Waals surface area contributed by atoms with Crippen LogP contribution in [-0.2, 0) is 10.2 Å². The van der Waals surface area contributed by atoms with Gasteiger partial charge in [0, 0.05) is 31.5 Å². The molecule has 0 radical (unpaired) electrons. The lowest BCUT2D eigenvalue weighted by molar-refractivity contribution is 0.259. The Morgan fingerprint density at radius 3 is 2.71 bits per heavy atom. The van der Waals surface area contributed by atoms with Gasteiger partial charge in [-0.05, 0) is 25.2 Å². The Kier molecular flexibility index (Phi) is 6.40. The molecule has 4 nitrogen and oxygen atoms in total. The van der Waals surface area contributed by atoms with Gasteiger partial charge in [0.2, 0.25) is 0 Å². The van der Waals surface area contributed by atoms with Crippen LogP contribution in [0.1, 0.15) is 33.1 Å². The lowest BCUT2D eigenvalue weighted by atomic mass is 10.0. The molecule has 0 aliphatic carbocycles. The fourth-order valence-electron chi connectivity index (χ4n) is 2.19. The van der Waals surface area contributed by atoms with Crippen LogP contribution >= 0.6 is 15.9 Å². The minimum absolute atomic E-state index is 0.480. The Balaban J connectivity index is 2.69. The third-order valence-corrected chi connectivity index (χ3v) is 5.80. The van der Waals surface area contributed by atoms with Gasteiger partial charge in [-0.25, -0.2) is 0 Å². The maximum atomic E-state index is 12.4. The molecule has 0 bridgehead atoms. The predicted octanol–water partition coefficient (Wildman–Crippen LogP) is 2.07. The van der Waals surface area contributed by atoms with E-state index in [-0.39, 0.29) is 0 Å². The quantitative estimate of drug-likeness (QED) is 0.701. The van der Waals surface area contributed by atoms with E-state index in [1.165, 1.54) is 0 Å². The molecule has 1 heterocycles. The van der Waals surface area contributed by atoms with Crippen LogP contribution in [0, 0.1) is 5.92 Å². The number of alkyl halides is 1. The largest absolute Gasteiger partial charge is 0.281 e. The van der Waals surface area contributed by atoms with E-state index in [1.807, 2.05) is 6.92 Å². The first kappa shape index (κ1) is 15.4.